The first kappa shape index (κ1) is 17.1. The predicted molar refractivity (Wildman–Crippen MR) is 97.6 cm³/mol. The molecule has 7 nitrogen and oxygen atoms in total. The smallest absolute Gasteiger partial charge is 0.259 e. The van der Waals surface area contributed by atoms with Crippen molar-refractivity contribution in [3.8, 4) is 11.4 Å². The van der Waals surface area contributed by atoms with E-state index in [-0.39, 0.29) is 11.3 Å². The van der Waals surface area contributed by atoms with Gasteiger partial charge in [0.2, 0.25) is 0 Å². The molecule has 0 radical (unpaired) electrons. The molecule has 0 atom stereocenters. The number of aryl methyl sites for hydroxylation is 1. The van der Waals surface area contributed by atoms with Crippen molar-refractivity contribution >= 4 is 11.6 Å². The number of aromatic hydroxyl groups is 1. The van der Waals surface area contributed by atoms with Crippen LogP contribution in [0.15, 0.2) is 73.6 Å². The highest BCUT2D eigenvalue weighted by molar-refractivity contribution is 6.05. The summed E-state index contributed by atoms with van der Waals surface area (Å²) in [5, 5.41) is 16.9. The van der Waals surface area contributed by atoms with Gasteiger partial charge in [-0.05, 0) is 43.3 Å². The van der Waals surface area contributed by atoms with Gasteiger partial charge in [0, 0.05) is 11.9 Å². The Bertz CT molecular complexity index is 952. The number of anilines is 1. The average molecular weight is 347 g/mol. The summed E-state index contributed by atoms with van der Waals surface area (Å²) in [5.74, 6) is -0.645. The average Bonchev–Trinajstić information content (AvgIpc) is 3.16. The van der Waals surface area contributed by atoms with Crippen LogP contribution in [0.3, 0.4) is 0 Å². The van der Waals surface area contributed by atoms with Crippen LogP contribution < -0.4 is 5.32 Å². The second kappa shape index (κ2) is 7.89. The fourth-order valence-electron chi connectivity index (χ4n) is 2.21. The summed E-state index contributed by atoms with van der Waals surface area (Å²) in [4.78, 5) is 20.4. The van der Waals surface area contributed by atoms with Crippen LogP contribution in [-0.4, -0.2) is 30.8 Å². The number of carbonyl (C=O) groups excluding carboxylic acids is 1. The normalized spacial score (nSPS) is 10.0. The van der Waals surface area contributed by atoms with Crippen LogP contribution in [-0.2, 0) is 0 Å². The van der Waals surface area contributed by atoms with Gasteiger partial charge >= 0.3 is 0 Å². The summed E-state index contributed by atoms with van der Waals surface area (Å²) in [6.45, 7) is 1.89. The highest BCUT2D eigenvalue weighted by Gasteiger charge is 2.10. The molecule has 0 saturated heterocycles. The fraction of sp³-hybridized carbons (Fsp3) is 0.0526. The molecule has 26 heavy (non-hydrogen) atoms. The number of rotatable bonds is 3. The Kier molecular flexibility index (Phi) is 5.19. The zero-order valence-corrected chi connectivity index (χ0v) is 14.1. The number of aromatic nitrogens is 4. The third-order valence-electron chi connectivity index (χ3n) is 3.57. The van der Waals surface area contributed by atoms with Crippen LogP contribution in [0, 0.1) is 6.92 Å². The molecule has 1 amide bonds. The zero-order valence-electron chi connectivity index (χ0n) is 14.1. The topological polar surface area (TPSA) is 92.9 Å². The van der Waals surface area contributed by atoms with Crippen molar-refractivity contribution in [3.05, 3.63) is 84.7 Å². The Morgan fingerprint density at radius 2 is 1.88 bits per heavy atom. The molecule has 2 N–H and O–H groups in total. The van der Waals surface area contributed by atoms with Crippen molar-refractivity contribution < 1.29 is 9.90 Å². The summed E-state index contributed by atoms with van der Waals surface area (Å²) in [6, 6.07) is 14.0. The first-order valence-electron chi connectivity index (χ1n) is 7.88. The highest BCUT2D eigenvalue weighted by Crippen LogP contribution is 2.17. The lowest BCUT2D eigenvalue weighted by molar-refractivity contribution is 0.102. The van der Waals surface area contributed by atoms with Gasteiger partial charge in [-0.2, -0.15) is 5.10 Å². The van der Waals surface area contributed by atoms with Gasteiger partial charge in [-0.3, -0.25) is 9.78 Å². The monoisotopic (exact) mass is 347 g/mol. The lowest BCUT2D eigenvalue weighted by Crippen LogP contribution is -2.11. The largest absolute Gasteiger partial charge is 0.505 e. The van der Waals surface area contributed by atoms with E-state index in [0.29, 0.717) is 5.69 Å². The Labute approximate surface area is 150 Å². The number of carbonyl (C=O) groups is 1. The number of hydrogen-bond donors (Lipinski definition) is 2. The molecule has 0 fully saturated rings. The van der Waals surface area contributed by atoms with Crippen LogP contribution in [0.2, 0.25) is 0 Å². The molecule has 130 valence electrons. The molecule has 0 aliphatic heterocycles. The Morgan fingerprint density at radius 3 is 2.62 bits per heavy atom. The Balaban J connectivity index is 1.86. The van der Waals surface area contributed by atoms with Crippen molar-refractivity contribution in [2.24, 2.45) is 0 Å². The molecule has 3 rings (SSSR count). The van der Waals surface area contributed by atoms with E-state index in [1.54, 1.807) is 53.5 Å². The maximum atomic E-state index is 12.6. The van der Waals surface area contributed by atoms with E-state index >= 15 is 0 Å². The maximum absolute atomic E-state index is 12.6. The van der Waals surface area contributed by atoms with E-state index in [1.165, 1.54) is 18.7 Å². The number of nitrogens with one attached hydrogen (secondary N) is 1. The van der Waals surface area contributed by atoms with Crippen LogP contribution >= 0.6 is 0 Å². The summed E-state index contributed by atoms with van der Waals surface area (Å²) in [5.41, 5.74) is 2.46. The highest BCUT2D eigenvalue weighted by atomic mass is 16.3. The SMILES string of the molecule is Cc1cccncc(O)c(C(=O)Nc2ccc(-n3cncn3)cc2)cc1. The maximum Gasteiger partial charge on any atom is 0.259 e. The van der Waals surface area contributed by atoms with E-state index in [4.69, 9.17) is 0 Å². The summed E-state index contributed by atoms with van der Waals surface area (Å²) in [6.07, 6.45) is 5.81. The van der Waals surface area contributed by atoms with Crippen molar-refractivity contribution in [3.63, 3.8) is 0 Å². The van der Waals surface area contributed by atoms with E-state index in [2.05, 4.69) is 20.4 Å². The molecular weight excluding hydrogens is 330 g/mol. The van der Waals surface area contributed by atoms with Crippen molar-refractivity contribution in [2.45, 2.75) is 6.92 Å². The van der Waals surface area contributed by atoms with Gasteiger partial charge in [0.1, 0.15) is 18.4 Å². The summed E-state index contributed by atoms with van der Waals surface area (Å²) >= 11 is 0. The molecule has 0 saturated carbocycles. The minimum Gasteiger partial charge on any atom is -0.505 e. The molecular formula is C19H17N5O2. The molecule has 3 aromatic rings. The summed E-state index contributed by atoms with van der Waals surface area (Å²) in [7, 11) is 0. The van der Waals surface area contributed by atoms with Gasteiger partial charge < -0.3 is 10.4 Å². The molecule has 0 aliphatic carbocycles. The van der Waals surface area contributed by atoms with Gasteiger partial charge in [0.15, 0.2) is 0 Å². The third kappa shape index (κ3) is 4.21. The van der Waals surface area contributed by atoms with Gasteiger partial charge in [-0.15, -0.1) is 0 Å². The summed E-state index contributed by atoms with van der Waals surface area (Å²) < 4.78 is 1.61. The molecule has 2 heterocycles. The zero-order chi connectivity index (χ0) is 18.4. The van der Waals surface area contributed by atoms with Crippen molar-refractivity contribution in [1.82, 2.24) is 19.7 Å². The van der Waals surface area contributed by atoms with Gasteiger partial charge in [0.05, 0.1) is 17.4 Å². The number of hydrogen-bond acceptors (Lipinski definition) is 5. The number of nitrogens with zero attached hydrogens (tertiary/aromatic N) is 4. The Hall–Kier alpha value is -3.74. The second-order valence-corrected chi connectivity index (χ2v) is 5.50. The molecule has 0 unspecified atom stereocenters. The van der Waals surface area contributed by atoms with E-state index in [0.717, 1.165) is 11.3 Å². The number of benzene rings is 1. The van der Waals surface area contributed by atoms with Crippen molar-refractivity contribution in [2.75, 3.05) is 5.32 Å². The first-order valence-corrected chi connectivity index (χ1v) is 7.88. The lowest BCUT2D eigenvalue weighted by Gasteiger charge is -2.07. The molecule has 7 heteroatoms. The van der Waals surface area contributed by atoms with Gasteiger partial charge in [-0.1, -0.05) is 17.7 Å². The van der Waals surface area contributed by atoms with Crippen LogP contribution in [0.5, 0.6) is 5.75 Å². The first-order chi connectivity index (χ1) is 12.6. The number of amides is 1. The van der Waals surface area contributed by atoms with Crippen LogP contribution in [0.4, 0.5) is 5.69 Å². The predicted octanol–water partition coefficient (Wildman–Crippen LogP) is 3.05. The lowest BCUT2D eigenvalue weighted by atomic mass is 10.2. The van der Waals surface area contributed by atoms with Gasteiger partial charge in [0.25, 0.3) is 5.91 Å². The van der Waals surface area contributed by atoms with E-state index in [9.17, 15) is 9.90 Å². The molecule has 0 bridgehead atoms. The minimum atomic E-state index is -0.434. The fourth-order valence-corrected chi connectivity index (χ4v) is 2.21. The third-order valence-corrected chi connectivity index (χ3v) is 3.57. The standard InChI is InChI=1S/C19H17N5O2/c1-14-3-2-10-20-11-18(25)17(9-4-14)19(26)23-15-5-7-16(8-6-15)24-13-21-12-22-24/h2-13,25H,1H3,(H,23,26). The molecule has 1 aromatic carbocycles. The van der Waals surface area contributed by atoms with Gasteiger partial charge in [-0.25, -0.2) is 9.67 Å². The molecule has 2 aromatic heterocycles. The van der Waals surface area contributed by atoms with Crippen LogP contribution in [0.1, 0.15) is 15.9 Å². The quantitative estimate of drug-likeness (QED) is 0.759. The van der Waals surface area contributed by atoms with Crippen molar-refractivity contribution in [1.29, 1.82) is 0 Å². The van der Waals surface area contributed by atoms with E-state index in [1.807, 2.05) is 13.0 Å². The molecule has 0 aliphatic rings. The second-order valence-electron chi connectivity index (χ2n) is 5.50. The minimum absolute atomic E-state index is 0.122. The van der Waals surface area contributed by atoms with Crippen LogP contribution in [0.25, 0.3) is 5.69 Å². The molecule has 0 spiro atoms. The Morgan fingerprint density at radius 1 is 1.08 bits per heavy atom. The van der Waals surface area contributed by atoms with E-state index < -0.39 is 5.91 Å².